The van der Waals surface area contributed by atoms with Crippen molar-refractivity contribution in [1.29, 1.82) is 0 Å². The smallest absolute Gasteiger partial charge is 0.337 e. The third-order valence-electron chi connectivity index (χ3n) is 8.40. The molecular formula is C40H40F2N4O3P+. The van der Waals surface area contributed by atoms with Crippen LogP contribution in [0, 0.1) is 11.6 Å². The second kappa shape index (κ2) is 16.7. The number of halogens is 2. The molecule has 5 aromatic rings. The predicted octanol–water partition coefficient (Wildman–Crippen LogP) is 8.36. The summed E-state index contributed by atoms with van der Waals surface area (Å²) in [5.41, 5.74) is -1.12. The van der Waals surface area contributed by atoms with Gasteiger partial charge in [-0.2, -0.15) is 0 Å². The first-order chi connectivity index (χ1) is 24.0. The quantitative estimate of drug-likeness (QED) is 0.135. The SMILES string of the molecule is C=CN(/C=C\C)c1ccc(C(=O)Nc2cc(F)c(F)cc2C(=O)O)nn1.CCC(C)(C)[P+](c1ccccc1)(c1ccccc1)c1ccccc1. The van der Waals surface area contributed by atoms with Gasteiger partial charge in [0.25, 0.3) is 5.91 Å². The number of benzene rings is 4. The lowest BCUT2D eigenvalue weighted by Crippen LogP contribution is -2.43. The van der Waals surface area contributed by atoms with Crippen LogP contribution in [0.15, 0.2) is 140 Å². The van der Waals surface area contributed by atoms with Gasteiger partial charge in [0.15, 0.2) is 23.1 Å². The number of rotatable bonds is 11. The zero-order valence-corrected chi connectivity index (χ0v) is 29.3. The fourth-order valence-corrected chi connectivity index (χ4v) is 11.0. The minimum Gasteiger partial charge on any atom is -0.478 e. The number of carbonyl (C=O) groups excluding carboxylic acids is 1. The van der Waals surface area contributed by atoms with Crippen molar-refractivity contribution in [1.82, 2.24) is 10.2 Å². The third kappa shape index (κ3) is 8.01. The molecule has 0 saturated heterocycles. The monoisotopic (exact) mass is 693 g/mol. The Kier molecular flexibility index (Phi) is 12.5. The van der Waals surface area contributed by atoms with Crippen LogP contribution < -0.4 is 26.1 Å². The summed E-state index contributed by atoms with van der Waals surface area (Å²) in [6.45, 7) is 12.6. The average molecular weight is 694 g/mol. The molecule has 1 aromatic heterocycles. The summed E-state index contributed by atoms with van der Waals surface area (Å²) in [6, 6.07) is 37.3. The maximum atomic E-state index is 13.4. The molecule has 0 radical (unpaired) electrons. The highest BCUT2D eigenvalue weighted by atomic mass is 31.2. The van der Waals surface area contributed by atoms with Gasteiger partial charge in [0.05, 0.1) is 16.4 Å². The van der Waals surface area contributed by atoms with Gasteiger partial charge in [-0.3, -0.25) is 4.79 Å². The van der Waals surface area contributed by atoms with E-state index in [0.29, 0.717) is 18.0 Å². The number of anilines is 2. The first kappa shape index (κ1) is 37.3. The minimum atomic E-state index is -1.76. The number of nitrogens with one attached hydrogen (secondary N) is 1. The first-order valence-electron chi connectivity index (χ1n) is 16.0. The van der Waals surface area contributed by atoms with E-state index in [1.807, 2.05) is 0 Å². The minimum absolute atomic E-state index is 0.140. The van der Waals surface area contributed by atoms with Crippen LogP contribution in [0.25, 0.3) is 0 Å². The normalized spacial score (nSPS) is 11.3. The number of aromatic nitrogens is 2. The fourth-order valence-electron chi connectivity index (χ4n) is 5.68. The van der Waals surface area contributed by atoms with Crippen molar-refractivity contribution in [2.75, 3.05) is 10.2 Å². The van der Waals surface area contributed by atoms with Crippen LogP contribution in [0.3, 0.4) is 0 Å². The average Bonchev–Trinajstić information content (AvgIpc) is 3.14. The largest absolute Gasteiger partial charge is 0.478 e. The van der Waals surface area contributed by atoms with Crippen molar-refractivity contribution >= 4 is 46.6 Å². The summed E-state index contributed by atoms with van der Waals surface area (Å²) in [5.74, 6) is -4.58. The van der Waals surface area contributed by atoms with Crippen LogP contribution in [0.1, 0.15) is 55.0 Å². The van der Waals surface area contributed by atoms with E-state index in [1.54, 1.807) is 24.1 Å². The van der Waals surface area contributed by atoms with Gasteiger partial charge in [-0.05, 0) is 81.8 Å². The summed E-state index contributed by atoms with van der Waals surface area (Å²) in [6.07, 6.45) is 6.06. The van der Waals surface area contributed by atoms with Crippen LogP contribution in [0.5, 0.6) is 0 Å². The lowest BCUT2D eigenvalue weighted by atomic mass is 10.1. The Hall–Kier alpha value is -5.53. The van der Waals surface area contributed by atoms with E-state index < -0.39 is 42.0 Å². The molecule has 0 aliphatic carbocycles. The number of aromatic carboxylic acids is 1. The van der Waals surface area contributed by atoms with Crippen molar-refractivity contribution < 1.29 is 23.5 Å². The van der Waals surface area contributed by atoms with Crippen molar-refractivity contribution in [3.63, 3.8) is 0 Å². The standard InChI is InChI=1S/C23H26P.C17H14F2N4O3/c1-4-23(2,3)24(20-14-8-5-9-15-20,21-16-10-6-11-17-21)22-18-12-7-13-19-22;1-3-7-23(4-2)15-6-5-13(21-22-15)16(24)20-14-9-12(19)11(18)8-10(14)17(25)26/h5-19H,4H2,1-3H3;3-9H,2H2,1H3,(H,20,24)(H,25,26)/q+1;/b;7-3-. The molecule has 0 fully saturated rings. The highest BCUT2D eigenvalue weighted by Crippen LogP contribution is 2.66. The number of allylic oxidation sites excluding steroid dienone is 1. The lowest BCUT2D eigenvalue weighted by molar-refractivity contribution is 0.0697. The number of hydrogen-bond acceptors (Lipinski definition) is 5. The Morgan fingerprint density at radius 2 is 1.34 bits per heavy atom. The molecule has 2 N–H and O–H groups in total. The number of carbonyl (C=O) groups is 2. The van der Waals surface area contributed by atoms with Gasteiger partial charge >= 0.3 is 5.97 Å². The summed E-state index contributed by atoms with van der Waals surface area (Å²) >= 11 is 0. The molecule has 256 valence electrons. The van der Waals surface area contributed by atoms with Gasteiger partial charge in [0, 0.05) is 18.5 Å². The molecule has 4 aromatic carbocycles. The Balaban J connectivity index is 0.000000225. The highest BCUT2D eigenvalue weighted by molar-refractivity contribution is 7.96. The van der Waals surface area contributed by atoms with Crippen LogP contribution in [-0.4, -0.2) is 32.3 Å². The topological polar surface area (TPSA) is 95.4 Å². The summed E-state index contributed by atoms with van der Waals surface area (Å²) < 4.78 is 26.6. The molecule has 1 heterocycles. The van der Waals surface area contributed by atoms with E-state index in [9.17, 15) is 18.4 Å². The van der Waals surface area contributed by atoms with Crippen LogP contribution in [0.2, 0.25) is 0 Å². The molecule has 50 heavy (non-hydrogen) atoms. The Labute approximate surface area is 292 Å². The fraction of sp³-hybridized carbons (Fsp3) is 0.150. The maximum Gasteiger partial charge on any atom is 0.337 e. The van der Waals surface area contributed by atoms with E-state index in [0.717, 1.165) is 6.42 Å². The van der Waals surface area contributed by atoms with E-state index in [2.05, 4.69) is 134 Å². The molecule has 5 rings (SSSR count). The second-order valence-electron chi connectivity index (χ2n) is 11.8. The summed E-state index contributed by atoms with van der Waals surface area (Å²) in [5, 5.41) is 23.4. The van der Waals surface area contributed by atoms with Gasteiger partial charge in [-0.1, -0.05) is 74.2 Å². The van der Waals surface area contributed by atoms with Gasteiger partial charge in [-0.15, -0.1) is 10.2 Å². The predicted molar refractivity (Wildman–Crippen MR) is 200 cm³/mol. The summed E-state index contributed by atoms with van der Waals surface area (Å²) in [4.78, 5) is 24.9. The van der Waals surface area contributed by atoms with E-state index in [4.69, 9.17) is 5.11 Å². The van der Waals surface area contributed by atoms with Gasteiger partial charge in [0.1, 0.15) is 23.2 Å². The van der Waals surface area contributed by atoms with Crippen LogP contribution in [-0.2, 0) is 0 Å². The number of hydrogen-bond donors (Lipinski definition) is 2. The number of carboxylic acid groups (broad SMARTS) is 1. The highest BCUT2D eigenvalue weighted by Gasteiger charge is 2.56. The van der Waals surface area contributed by atoms with Crippen molar-refractivity contribution in [3.05, 3.63) is 163 Å². The molecular weight excluding hydrogens is 653 g/mol. The first-order valence-corrected chi connectivity index (χ1v) is 17.8. The van der Waals surface area contributed by atoms with E-state index in [1.165, 1.54) is 34.2 Å². The van der Waals surface area contributed by atoms with Crippen molar-refractivity contribution in [2.45, 2.75) is 39.3 Å². The Bertz CT molecular complexity index is 1840. The summed E-state index contributed by atoms with van der Waals surface area (Å²) in [7, 11) is -1.76. The molecule has 1 amide bonds. The number of carboxylic acids is 1. The molecule has 0 atom stereocenters. The number of amides is 1. The van der Waals surface area contributed by atoms with Gasteiger partial charge in [-0.25, -0.2) is 13.6 Å². The zero-order valence-electron chi connectivity index (χ0n) is 28.4. The second-order valence-corrected chi connectivity index (χ2v) is 15.9. The Morgan fingerprint density at radius 1 is 0.840 bits per heavy atom. The van der Waals surface area contributed by atoms with Gasteiger partial charge < -0.3 is 15.3 Å². The molecule has 0 saturated carbocycles. The lowest BCUT2D eigenvalue weighted by Gasteiger charge is -2.40. The van der Waals surface area contributed by atoms with E-state index in [-0.39, 0.29) is 10.9 Å². The molecule has 10 heteroatoms. The molecule has 0 bridgehead atoms. The van der Waals surface area contributed by atoms with Gasteiger partial charge in [0.2, 0.25) is 0 Å². The third-order valence-corrected chi connectivity index (χ3v) is 13.7. The number of nitrogens with zero attached hydrogens (tertiary/aromatic N) is 3. The maximum absolute atomic E-state index is 13.4. The van der Waals surface area contributed by atoms with E-state index >= 15 is 0 Å². The molecule has 0 spiro atoms. The molecule has 0 unspecified atom stereocenters. The van der Waals surface area contributed by atoms with Crippen LogP contribution in [0.4, 0.5) is 20.3 Å². The molecule has 0 aliphatic heterocycles. The van der Waals surface area contributed by atoms with Crippen molar-refractivity contribution in [2.24, 2.45) is 0 Å². The molecule has 0 aliphatic rings. The zero-order chi connectivity index (χ0) is 36.3. The molecule has 7 nitrogen and oxygen atoms in total. The van der Waals surface area contributed by atoms with Crippen molar-refractivity contribution in [3.8, 4) is 0 Å². The Morgan fingerprint density at radius 3 is 1.74 bits per heavy atom. The van der Waals surface area contributed by atoms with Crippen LogP contribution >= 0.6 is 7.26 Å².